The number of amides is 3. The number of likely N-dealkylation sites (tertiary alicyclic amines) is 1. The predicted octanol–water partition coefficient (Wildman–Crippen LogP) is 3.42. The lowest BCUT2D eigenvalue weighted by Gasteiger charge is -2.18. The molecule has 3 aromatic carbocycles. The molecule has 1 heterocycles. The summed E-state index contributed by atoms with van der Waals surface area (Å²) in [5.74, 6) is -2.67. The number of hydrogen-bond donors (Lipinski definition) is 3. The highest BCUT2D eigenvalue weighted by Gasteiger charge is 2.48. The minimum atomic E-state index is -1.07. The molecule has 8 nitrogen and oxygen atoms in total. The van der Waals surface area contributed by atoms with E-state index in [1.807, 2.05) is 36.4 Å². The van der Waals surface area contributed by atoms with E-state index in [1.54, 1.807) is 0 Å². The lowest BCUT2D eigenvalue weighted by Crippen LogP contribution is -2.43. The van der Waals surface area contributed by atoms with Crippen molar-refractivity contribution in [3.05, 3.63) is 107 Å². The first-order chi connectivity index (χ1) is 19.4. The van der Waals surface area contributed by atoms with Crippen LogP contribution in [0.3, 0.4) is 0 Å². The van der Waals surface area contributed by atoms with Gasteiger partial charge in [0.15, 0.2) is 0 Å². The summed E-state index contributed by atoms with van der Waals surface area (Å²) >= 11 is 0. The first kappa shape index (κ1) is 25.8. The molecule has 2 saturated carbocycles. The number of nitrogens with one attached hydrogen (secondary N) is 2. The Morgan fingerprint density at radius 2 is 1.05 bits per heavy atom. The molecule has 6 atom stereocenters. The van der Waals surface area contributed by atoms with E-state index in [0.717, 1.165) is 12.8 Å². The third-order valence-corrected chi connectivity index (χ3v) is 8.35. The van der Waals surface area contributed by atoms with Crippen LogP contribution < -0.4 is 10.6 Å². The van der Waals surface area contributed by atoms with Crippen LogP contribution in [-0.4, -0.2) is 58.9 Å². The topological polar surface area (TPSA) is 116 Å². The number of hydrogen-bond acceptors (Lipinski definition) is 4. The number of carboxylic acid groups (broad SMARTS) is 1. The Morgan fingerprint density at radius 1 is 0.625 bits per heavy atom. The number of benzene rings is 3. The summed E-state index contributed by atoms with van der Waals surface area (Å²) in [6.45, 7) is 0.248. The van der Waals surface area contributed by atoms with Gasteiger partial charge in [0.1, 0.15) is 0 Å². The second kappa shape index (κ2) is 10.6. The minimum Gasteiger partial charge on any atom is -0.478 e. The van der Waals surface area contributed by atoms with Crippen molar-refractivity contribution >= 4 is 23.7 Å². The van der Waals surface area contributed by atoms with Gasteiger partial charge in [-0.05, 0) is 48.2 Å². The van der Waals surface area contributed by atoms with Gasteiger partial charge in [0.05, 0.1) is 17.4 Å². The van der Waals surface area contributed by atoms with Gasteiger partial charge in [-0.15, -0.1) is 0 Å². The normalized spacial score (nSPS) is 26.6. The first-order valence-corrected chi connectivity index (χ1v) is 13.7. The van der Waals surface area contributed by atoms with Gasteiger partial charge >= 0.3 is 5.97 Å². The van der Waals surface area contributed by atoms with E-state index in [9.17, 15) is 24.3 Å². The van der Waals surface area contributed by atoms with Gasteiger partial charge in [0, 0.05) is 42.6 Å². The van der Waals surface area contributed by atoms with Crippen LogP contribution in [0, 0.1) is 11.8 Å². The number of nitrogens with zero attached hydrogens (tertiary/aromatic N) is 1. The van der Waals surface area contributed by atoms with Crippen molar-refractivity contribution < 1.29 is 24.3 Å². The third kappa shape index (κ3) is 5.34. The van der Waals surface area contributed by atoms with Crippen LogP contribution in [0.4, 0.5) is 0 Å². The van der Waals surface area contributed by atoms with E-state index >= 15 is 0 Å². The molecule has 3 aliphatic rings. The SMILES string of the molecule is O=C(O)c1ccc(C(=O)N2C[C@H](C(=O)NC3CC3c3ccccc3)[C@@H](C(=O)NC3CC3c3ccccc3)C2)cc1. The molecule has 0 spiro atoms. The molecule has 3 amide bonds. The molecule has 0 radical (unpaired) electrons. The van der Waals surface area contributed by atoms with Crippen LogP contribution >= 0.6 is 0 Å². The van der Waals surface area contributed by atoms with Gasteiger partial charge in [-0.2, -0.15) is 0 Å². The van der Waals surface area contributed by atoms with Crippen LogP contribution in [0.2, 0.25) is 0 Å². The van der Waals surface area contributed by atoms with Crippen LogP contribution in [0.1, 0.15) is 56.5 Å². The molecule has 40 heavy (non-hydrogen) atoms. The highest BCUT2D eigenvalue weighted by Crippen LogP contribution is 2.42. The Morgan fingerprint density at radius 3 is 1.48 bits per heavy atom. The summed E-state index contributed by atoms with van der Waals surface area (Å²) in [6.07, 6.45) is 1.69. The molecule has 0 aromatic heterocycles. The third-order valence-electron chi connectivity index (χ3n) is 8.35. The summed E-state index contributed by atoms with van der Waals surface area (Å²) in [7, 11) is 0. The summed E-state index contributed by atoms with van der Waals surface area (Å²) in [4.78, 5) is 53.1. The lowest BCUT2D eigenvalue weighted by molar-refractivity contribution is -0.133. The summed E-state index contributed by atoms with van der Waals surface area (Å²) in [5.41, 5.74) is 2.76. The minimum absolute atomic E-state index is 0.0119. The van der Waals surface area contributed by atoms with Gasteiger partial charge < -0.3 is 20.6 Å². The standard InChI is InChI=1S/C32H31N3O5/c36-29(33-27-15-23(27)19-7-3-1-4-8-19)25-17-35(31(38)21-11-13-22(14-12-21)32(39)40)18-26(25)30(37)34-28-16-24(28)20-9-5-2-6-10-20/h1-14,23-28H,15-18H2,(H,33,36)(H,34,37)(H,39,40)/t23?,24?,25-,26-,27?,28?/m0/s1. The Bertz CT molecular complexity index is 1350. The number of aromatic carboxylic acids is 1. The van der Waals surface area contributed by atoms with Crippen LogP contribution in [-0.2, 0) is 9.59 Å². The molecule has 1 aliphatic heterocycles. The zero-order chi connectivity index (χ0) is 27.8. The highest BCUT2D eigenvalue weighted by molar-refractivity contribution is 5.98. The second-order valence-electron chi connectivity index (χ2n) is 11.0. The number of rotatable bonds is 8. The van der Waals surface area contributed by atoms with Crippen LogP contribution in [0.15, 0.2) is 84.9 Å². The largest absolute Gasteiger partial charge is 0.478 e. The second-order valence-corrected chi connectivity index (χ2v) is 11.0. The van der Waals surface area contributed by atoms with Crippen molar-refractivity contribution in [2.24, 2.45) is 11.8 Å². The summed E-state index contributed by atoms with van der Waals surface area (Å²) < 4.78 is 0. The fourth-order valence-corrected chi connectivity index (χ4v) is 5.86. The predicted molar refractivity (Wildman–Crippen MR) is 148 cm³/mol. The van der Waals surface area contributed by atoms with Crippen molar-refractivity contribution in [1.82, 2.24) is 15.5 Å². The molecule has 1 saturated heterocycles. The highest BCUT2D eigenvalue weighted by atomic mass is 16.4. The number of carbonyl (C=O) groups is 4. The first-order valence-electron chi connectivity index (χ1n) is 13.7. The fraction of sp³-hybridized carbons (Fsp3) is 0.312. The van der Waals surface area contributed by atoms with Gasteiger partial charge in [-0.25, -0.2) is 4.79 Å². The average Bonchev–Trinajstić information content (AvgIpc) is 3.88. The molecule has 0 bridgehead atoms. The van der Waals surface area contributed by atoms with Crippen molar-refractivity contribution in [2.45, 2.75) is 36.8 Å². The summed E-state index contributed by atoms with van der Waals surface area (Å²) in [5, 5.41) is 15.4. The average molecular weight is 538 g/mol. The van der Waals surface area contributed by atoms with Crippen LogP contribution in [0.25, 0.3) is 0 Å². The molecule has 204 valence electrons. The van der Waals surface area contributed by atoms with E-state index < -0.39 is 17.8 Å². The fourth-order valence-electron chi connectivity index (χ4n) is 5.86. The smallest absolute Gasteiger partial charge is 0.335 e. The van der Waals surface area contributed by atoms with Crippen molar-refractivity contribution in [3.8, 4) is 0 Å². The monoisotopic (exact) mass is 537 g/mol. The zero-order valence-electron chi connectivity index (χ0n) is 21.9. The molecular weight excluding hydrogens is 506 g/mol. The molecule has 8 heteroatoms. The van der Waals surface area contributed by atoms with Gasteiger partial charge in [-0.3, -0.25) is 14.4 Å². The lowest BCUT2D eigenvalue weighted by atomic mass is 9.94. The quantitative estimate of drug-likeness (QED) is 0.407. The van der Waals surface area contributed by atoms with Crippen LogP contribution in [0.5, 0.6) is 0 Å². The maximum atomic E-state index is 13.5. The molecule has 3 N–H and O–H groups in total. The molecule has 2 aliphatic carbocycles. The Kier molecular flexibility index (Phi) is 6.84. The summed E-state index contributed by atoms with van der Waals surface area (Å²) in [6, 6.07) is 25.8. The van der Waals surface area contributed by atoms with E-state index in [4.69, 9.17) is 0 Å². The zero-order valence-corrected chi connectivity index (χ0v) is 21.9. The maximum absolute atomic E-state index is 13.5. The molecule has 3 aromatic rings. The van der Waals surface area contributed by atoms with Crippen molar-refractivity contribution in [1.29, 1.82) is 0 Å². The van der Waals surface area contributed by atoms with Crippen molar-refractivity contribution in [2.75, 3.05) is 13.1 Å². The maximum Gasteiger partial charge on any atom is 0.335 e. The Balaban J connectivity index is 1.15. The Hall–Kier alpha value is -4.46. The van der Waals surface area contributed by atoms with Gasteiger partial charge in [0.25, 0.3) is 5.91 Å². The van der Waals surface area contributed by atoms with E-state index in [-0.39, 0.29) is 60.3 Å². The number of carbonyl (C=O) groups excluding carboxylic acids is 3. The number of carboxylic acids is 1. The van der Waals surface area contributed by atoms with Gasteiger partial charge in [-0.1, -0.05) is 60.7 Å². The molecular formula is C32H31N3O5. The Labute approximate surface area is 232 Å². The van der Waals surface area contributed by atoms with E-state index in [2.05, 4.69) is 34.9 Å². The molecule has 6 rings (SSSR count). The van der Waals surface area contributed by atoms with E-state index in [0.29, 0.717) is 5.56 Å². The molecule has 4 unspecified atom stereocenters. The van der Waals surface area contributed by atoms with E-state index in [1.165, 1.54) is 40.3 Å². The van der Waals surface area contributed by atoms with Crippen molar-refractivity contribution in [3.63, 3.8) is 0 Å². The van der Waals surface area contributed by atoms with Gasteiger partial charge in [0.2, 0.25) is 11.8 Å². The molecule has 3 fully saturated rings.